The zero-order valence-electron chi connectivity index (χ0n) is 17.3. The molecule has 0 unspecified atom stereocenters. The van der Waals surface area contributed by atoms with Crippen LogP contribution < -0.4 is 5.32 Å². The van der Waals surface area contributed by atoms with Crippen LogP contribution in [0.3, 0.4) is 0 Å². The number of benzene rings is 2. The summed E-state index contributed by atoms with van der Waals surface area (Å²) in [6.07, 6.45) is -5.39. The highest BCUT2D eigenvalue weighted by molar-refractivity contribution is 6.36. The van der Waals surface area contributed by atoms with Crippen LogP contribution in [-0.4, -0.2) is 41.5 Å². The molecule has 1 N–H and O–H groups in total. The fourth-order valence-corrected chi connectivity index (χ4v) is 4.08. The van der Waals surface area contributed by atoms with Crippen molar-refractivity contribution in [2.24, 2.45) is 0 Å². The van der Waals surface area contributed by atoms with Crippen LogP contribution >= 0.6 is 23.2 Å². The number of hydrogen-bond donors (Lipinski definition) is 1. The van der Waals surface area contributed by atoms with Gasteiger partial charge in [-0.05, 0) is 30.7 Å². The molecule has 2 aromatic rings. The molecule has 0 aromatic heterocycles. The molecule has 1 atom stereocenters. The Morgan fingerprint density at radius 3 is 2.30 bits per heavy atom. The van der Waals surface area contributed by atoms with Gasteiger partial charge in [0.2, 0.25) is 0 Å². The van der Waals surface area contributed by atoms with Crippen molar-refractivity contribution < 1.29 is 32.3 Å². The first kappa shape index (κ1) is 24.6. The molecule has 0 saturated carbocycles. The van der Waals surface area contributed by atoms with E-state index in [2.05, 4.69) is 4.74 Å². The second kappa shape index (κ2) is 9.07. The minimum absolute atomic E-state index is 0.152. The van der Waals surface area contributed by atoms with Crippen molar-refractivity contribution in [2.75, 3.05) is 7.11 Å². The molecular weight excluding hydrogens is 484 g/mol. The maximum Gasteiger partial charge on any atom is 0.425 e. The van der Waals surface area contributed by atoms with E-state index < -0.39 is 35.1 Å². The summed E-state index contributed by atoms with van der Waals surface area (Å²) in [5, 5.41) is 1.65. The van der Waals surface area contributed by atoms with Gasteiger partial charge in [-0.15, -0.1) is 0 Å². The number of methoxy groups -OCH3 is 1. The number of carbonyl (C=O) groups excluding carboxylic acids is 3. The van der Waals surface area contributed by atoms with Crippen LogP contribution in [0.5, 0.6) is 0 Å². The summed E-state index contributed by atoms with van der Waals surface area (Å²) in [6.45, 7) is 0.920. The van der Waals surface area contributed by atoms with Gasteiger partial charge in [0.25, 0.3) is 17.4 Å². The first-order valence-electron chi connectivity index (χ1n) is 9.44. The Bertz CT molecular complexity index is 1150. The Kier molecular flexibility index (Phi) is 6.76. The summed E-state index contributed by atoms with van der Waals surface area (Å²) in [5.74, 6) is -4.27. The summed E-state index contributed by atoms with van der Waals surface area (Å²) < 4.78 is 48.3. The Labute approximate surface area is 196 Å². The molecule has 33 heavy (non-hydrogen) atoms. The number of nitrogens with zero attached hydrogens (tertiary/aromatic N) is 1. The van der Waals surface area contributed by atoms with E-state index in [0.717, 1.165) is 18.1 Å². The quantitative estimate of drug-likeness (QED) is 0.612. The lowest BCUT2D eigenvalue weighted by Gasteiger charge is -2.33. The third-order valence-electron chi connectivity index (χ3n) is 5.18. The predicted molar refractivity (Wildman–Crippen MR) is 114 cm³/mol. The smallest absolute Gasteiger partial charge is 0.425 e. The van der Waals surface area contributed by atoms with Gasteiger partial charge in [0.1, 0.15) is 5.57 Å². The molecule has 2 aromatic carbocycles. The topological polar surface area (TPSA) is 75.7 Å². The monoisotopic (exact) mass is 500 g/mol. The van der Waals surface area contributed by atoms with Crippen LogP contribution in [0, 0.1) is 0 Å². The number of halogens is 5. The average Bonchev–Trinajstić information content (AvgIpc) is 2.95. The summed E-state index contributed by atoms with van der Waals surface area (Å²) in [7, 11) is 0.881. The van der Waals surface area contributed by atoms with Crippen molar-refractivity contribution in [2.45, 2.75) is 25.2 Å². The van der Waals surface area contributed by atoms with Crippen molar-refractivity contribution in [3.63, 3.8) is 0 Å². The van der Waals surface area contributed by atoms with Gasteiger partial charge >= 0.3 is 12.1 Å². The van der Waals surface area contributed by atoms with Gasteiger partial charge in [-0.25, -0.2) is 4.79 Å². The van der Waals surface area contributed by atoms with E-state index in [1.165, 1.54) is 19.1 Å². The summed E-state index contributed by atoms with van der Waals surface area (Å²) in [5.41, 5.74) is -4.85. The highest BCUT2D eigenvalue weighted by atomic mass is 35.5. The van der Waals surface area contributed by atoms with E-state index in [9.17, 15) is 27.6 Å². The molecule has 6 nitrogen and oxygen atoms in total. The van der Waals surface area contributed by atoms with Crippen LogP contribution in [0.4, 0.5) is 13.2 Å². The largest absolute Gasteiger partial charge is 0.466 e. The second-order valence-electron chi connectivity index (χ2n) is 7.15. The van der Waals surface area contributed by atoms with Crippen molar-refractivity contribution in [1.29, 1.82) is 0 Å². The van der Waals surface area contributed by atoms with Crippen LogP contribution in [0.2, 0.25) is 10.0 Å². The lowest BCUT2D eigenvalue weighted by Crippen LogP contribution is -2.66. The van der Waals surface area contributed by atoms with E-state index in [1.807, 2.05) is 0 Å². The summed E-state index contributed by atoms with van der Waals surface area (Å²) in [4.78, 5) is 39.5. The first-order valence-corrected chi connectivity index (χ1v) is 10.2. The van der Waals surface area contributed by atoms with Crippen LogP contribution in [0.25, 0.3) is 0 Å². The number of esters is 1. The number of nitrogens with one attached hydrogen (secondary N) is 1. The molecule has 2 amide bonds. The number of amides is 2. The molecule has 0 aliphatic carbocycles. The number of alkyl halides is 3. The lowest BCUT2D eigenvalue weighted by molar-refractivity contribution is -0.192. The molecule has 1 aliphatic heterocycles. The Balaban J connectivity index is 2.16. The molecule has 11 heteroatoms. The normalized spacial score (nSPS) is 18.5. The van der Waals surface area contributed by atoms with Gasteiger partial charge in [0.15, 0.2) is 0 Å². The number of allylic oxidation sites excluding steroid dienone is 1. The summed E-state index contributed by atoms with van der Waals surface area (Å²) >= 11 is 11.8. The van der Waals surface area contributed by atoms with E-state index in [0.29, 0.717) is 5.56 Å². The number of hydrogen-bond acceptors (Lipinski definition) is 4. The summed E-state index contributed by atoms with van der Waals surface area (Å²) in [6, 6.07) is 11.8. The minimum Gasteiger partial charge on any atom is -0.466 e. The van der Waals surface area contributed by atoms with Crippen LogP contribution in [-0.2, 0) is 20.9 Å². The molecule has 0 bridgehead atoms. The van der Waals surface area contributed by atoms with Gasteiger partial charge in [-0.1, -0.05) is 53.5 Å². The number of carbonyl (C=O) groups is 3. The molecule has 1 aliphatic rings. The molecule has 174 valence electrons. The zero-order valence-corrected chi connectivity index (χ0v) is 18.8. The Morgan fingerprint density at radius 2 is 1.76 bits per heavy atom. The maximum absolute atomic E-state index is 14.6. The fraction of sp³-hybridized carbons (Fsp3) is 0.227. The standard InChI is InChI=1S/C22H17Cl2F3N2O4/c1-12-17(19(31)33-2)21(22(25,26)27,20(32)29(12)11-13-6-4-3-5-7-13)28-18(30)15-9-8-14(23)10-16(15)24/h3-10H,11H2,1-2H3,(H,28,30)/t21-/m0/s1. The molecule has 0 spiro atoms. The highest BCUT2D eigenvalue weighted by Gasteiger charge is 2.71. The molecule has 3 rings (SSSR count). The third-order valence-corrected chi connectivity index (χ3v) is 5.73. The van der Waals surface area contributed by atoms with Crippen LogP contribution in [0.15, 0.2) is 59.8 Å². The van der Waals surface area contributed by atoms with Crippen molar-refractivity contribution in [1.82, 2.24) is 10.2 Å². The second-order valence-corrected chi connectivity index (χ2v) is 8.00. The van der Waals surface area contributed by atoms with E-state index in [4.69, 9.17) is 23.2 Å². The van der Waals surface area contributed by atoms with Crippen molar-refractivity contribution in [3.8, 4) is 0 Å². The molecular formula is C22H17Cl2F3N2O4. The fourth-order valence-electron chi connectivity index (χ4n) is 3.59. The average molecular weight is 501 g/mol. The lowest BCUT2D eigenvalue weighted by atomic mass is 9.88. The molecule has 0 radical (unpaired) electrons. The molecule has 0 fully saturated rings. The molecule has 0 saturated heterocycles. The predicted octanol–water partition coefficient (Wildman–Crippen LogP) is 4.51. The van der Waals surface area contributed by atoms with Gasteiger partial charge in [-0.2, -0.15) is 13.2 Å². The minimum atomic E-state index is -5.39. The zero-order chi connectivity index (χ0) is 24.6. The molecule has 1 heterocycles. The number of ether oxygens (including phenoxy) is 1. The highest BCUT2D eigenvalue weighted by Crippen LogP contribution is 2.45. The van der Waals surface area contributed by atoms with E-state index in [-0.39, 0.29) is 27.9 Å². The van der Waals surface area contributed by atoms with Gasteiger partial charge < -0.3 is 15.0 Å². The van der Waals surface area contributed by atoms with E-state index in [1.54, 1.807) is 35.6 Å². The Hall–Kier alpha value is -3.04. The van der Waals surface area contributed by atoms with Gasteiger partial charge in [0.05, 0.1) is 24.2 Å². The SMILES string of the molecule is COC(=O)C1=C(C)N(Cc2ccccc2)C(=O)[C@]1(NC(=O)c1ccc(Cl)cc1Cl)C(F)(F)F. The Morgan fingerprint density at radius 1 is 1.12 bits per heavy atom. The number of rotatable bonds is 5. The van der Waals surface area contributed by atoms with Gasteiger partial charge in [0, 0.05) is 10.7 Å². The van der Waals surface area contributed by atoms with Crippen molar-refractivity contribution >= 4 is 41.0 Å². The van der Waals surface area contributed by atoms with Crippen LogP contribution in [0.1, 0.15) is 22.8 Å². The maximum atomic E-state index is 14.6. The first-order chi connectivity index (χ1) is 15.4. The van der Waals surface area contributed by atoms with E-state index >= 15 is 0 Å². The third kappa shape index (κ3) is 4.30. The van der Waals surface area contributed by atoms with Gasteiger partial charge in [-0.3, -0.25) is 9.59 Å². The van der Waals surface area contributed by atoms with Crippen molar-refractivity contribution in [3.05, 3.63) is 81.0 Å².